The van der Waals surface area contributed by atoms with Gasteiger partial charge >= 0.3 is 5.97 Å². The van der Waals surface area contributed by atoms with E-state index >= 15 is 0 Å². The minimum atomic E-state index is -0.931. The number of amides is 1. The number of carbonyl (C=O) groups is 2. The Morgan fingerprint density at radius 3 is 2.79 bits per heavy atom. The molecule has 14 heavy (non-hydrogen) atoms. The molecule has 5 nitrogen and oxygen atoms in total. The number of hydrogen-bond donors (Lipinski definition) is 2. The average molecular weight is 200 g/mol. The van der Waals surface area contributed by atoms with Crippen LogP contribution in [0.15, 0.2) is 0 Å². The first-order valence-corrected chi connectivity index (χ1v) is 4.86. The Hall–Kier alpha value is -1.10. The Morgan fingerprint density at radius 2 is 2.29 bits per heavy atom. The van der Waals surface area contributed by atoms with Gasteiger partial charge in [0.2, 0.25) is 5.91 Å². The van der Waals surface area contributed by atoms with Gasteiger partial charge in [-0.25, -0.2) is 4.79 Å². The zero-order valence-corrected chi connectivity index (χ0v) is 8.27. The summed E-state index contributed by atoms with van der Waals surface area (Å²) in [6, 6.07) is -1.23. The summed E-state index contributed by atoms with van der Waals surface area (Å²) in [7, 11) is 0. The molecule has 0 aromatic carbocycles. The number of nitrogens with two attached hydrogens (primary N) is 1. The van der Waals surface area contributed by atoms with Gasteiger partial charge in [0.05, 0.1) is 6.04 Å². The molecule has 0 radical (unpaired) electrons. The average Bonchev–Trinajstić information content (AvgIpc) is 2.63. The lowest BCUT2D eigenvalue weighted by Crippen LogP contribution is -2.48. The first-order valence-electron chi connectivity index (χ1n) is 4.86. The fraction of sp³-hybridized carbons (Fsp3) is 0.778. The van der Waals surface area contributed by atoms with Crippen molar-refractivity contribution in [2.24, 2.45) is 5.73 Å². The minimum Gasteiger partial charge on any atom is -0.480 e. The van der Waals surface area contributed by atoms with Crippen LogP contribution in [0.5, 0.6) is 0 Å². The van der Waals surface area contributed by atoms with E-state index in [-0.39, 0.29) is 5.91 Å². The molecular formula is C9H16N2O3. The van der Waals surface area contributed by atoms with Gasteiger partial charge in [0.1, 0.15) is 6.04 Å². The minimum absolute atomic E-state index is 0.239. The summed E-state index contributed by atoms with van der Waals surface area (Å²) in [5.41, 5.74) is 5.57. The normalized spacial score (nSPS) is 23.6. The Labute approximate surface area is 82.9 Å². The van der Waals surface area contributed by atoms with Crippen molar-refractivity contribution in [3.05, 3.63) is 0 Å². The van der Waals surface area contributed by atoms with Gasteiger partial charge in [-0.1, -0.05) is 6.92 Å². The second-order valence-electron chi connectivity index (χ2n) is 3.54. The van der Waals surface area contributed by atoms with Crippen molar-refractivity contribution in [2.45, 2.75) is 38.3 Å². The van der Waals surface area contributed by atoms with Crippen LogP contribution in [-0.2, 0) is 9.59 Å². The van der Waals surface area contributed by atoms with E-state index in [1.807, 2.05) is 6.92 Å². The van der Waals surface area contributed by atoms with E-state index in [0.29, 0.717) is 19.4 Å². The molecular weight excluding hydrogens is 184 g/mol. The largest absolute Gasteiger partial charge is 0.480 e. The van der Waals surface area contributed by atoms with Gasteiger partial charge in [0.25, 0.3) is 0 Å². The molecule has 1 amide bonds. The maximum atomic E-state index is 11.6. The highest BCUT2D eigenvalue weighted by atomic mass is 16.4. The van der Waals surface area contributed by atoms with E-state index in [9.17, 15) is 9.59 Å². The Bertz CT molecular complexity index is 242. The van der Waals surface area contributed by atoms with Crippen LogP contribution in [0.4, 0.5) is 0 Å². The van der Waals surface area contributed by atoms with E-state index in [1.165, 1.54) is 4.90 Å². The SMILES string of the molecule is CCC(N)C(=O)N1CCCC1C(=O)O. The number of hydrogen-bond acceptors (Lipinski definition) is 3. The van der Waals surface area contributed by atoms with Crippen LogP contribution in [0, 0.1) is 0 Å². The molecule has 2 atom stereocenters. The molecule has 80 valence electrons. The van der Waals surface area contributed by atoms with Crippen molar-refractivity contribution in [3.8, 4) is 0 Å². The van der Waals surface area contributed by atoms with Crippen molar-refractivity contribution in [1.29, 1.82) is 0 Å². The van der Waals surface area contributed by atoms with E-state index in [2.05, 4.69) is 0 Å². The maximum Gasteiger partial charge on any atom is 0.326 e. The molecule has 1 aliphatic rings. The third-order valence-corrected chi connectivity index (χ3v) is 2.58. The number of carboxylic acid groups (broad SMARTS) is 1. The molecule has 1 aliphatic heterocycles. The summed E-state index contributed by atoms with van der Waals surface area (Å²) in [6.07, 6.45) is 1.83. The van der Waals surface area contributed by atoms with Crippen LogP contribution < -0.4 is 5.73 Å². The summed E-state index contributed by atoms with van der Waals surface area (Å²) in [5.74, 6) is -1.17. The van der Waals surface area contributed by atoms with Crippen LogP contribution in [-0.4, -0.2) is 40.5 Å². The number of carbonyl (C=O) groups excluding carboxylic acids is 1. The molecule has 0 bridgehead atoms. The van der Waals surface area contributed by atoms with Crippen LogP contribution >= 0.6 is 0 Å². The first-order chi connectivity index (χ1) is 6.57. The molecule has 1 rings (SSSR count). The molecule has 3 N–H and O–H groups in total. The second kappa shape index (κ2) is 4.41. The monoisotopic (exact) mass is 200 g/mol. The molecule has 0 aromatic rings. The van der Waals surface area contributed by atoms with Crippen molar-refractivity contribution in [3.63, 3.8) is 0 Å². The van der Waals surface area contributed by atoms with Crippen molar-refractivity contribution in [2.75, 3.05) is 6.54 Å². The van der Waals surface area contributed by atoms with E-state index in [1.54, 1.807) is 0 Å². The number of rotatable bonds is 3. The molecule has 1 fully saturated rings. The quantitative estimate of drug-likeness (QED) is 0.660. The summed E-state index contributed by atoms with van der Waals surface area (Å²) in [6.45, 7) is 2.33. The van der Waals surface area contributed by atoms with Crippen molar-refractivity contribution < 1.29 is 14.7 Å². The Kier molecular flexibility index (Phi) is 3.46. The predicted octanol–water partition coefficient (Wildman–Crippen LogP) is -0.201. The molecule has 5 heteroatoms. The molecule has 0 spiro atoms. The van der Waals surface area contributed by atoms with Crippen molar-refractivity contribution >= 4 is 11.9 Å². The molecule has 0 aliphatic carbocycles. The van der Waals surface area contributed by atoms with Crippen LogP contribution in [0.2, 0.25) is 0 Å². The van der Waals surface area contributed by atoms with Crippen LogP contribution in [0.25, 0.3) is 0 Å². The van der Waals surface area contributed by atoms with Crippen LogP contribution in [0.1, 0.15) is 26.2 Å². The topological polar surface area (TPSA) is 83.6 Å². The van der Waals surface area contributed by atoms with E-state index in [4.69, 9.17) is 10.8 Å². The molecule has 2 unspecified atom stereocenters. The maximum absolute atomic E-state index is 11.6. The number of likely N-dealkylation sites (tertiary alicyclic amines) is 1. The lowest BCUT2D eigenvalue weighted by atomic mass is 10.2. The van der Waals surface area contributed by atoms with Gasteiger partial charge in [-0.2, -0.15) is 0 Å². The Balaban J connectivity index is 2.67. The van der Waals surface area contributed by atoms with E-state index in [0.717, 1.165) is 6.42 Å². The summed E-state index contributed by atoms with van der Waals surface area (Å²) in [5, 5.41) is 8.85. The highest BCUT2D eigenvalue weighted by Gasteiger charge is 2.35. The van der Waals surface area contributed by atoms with Gasteiger partial charge in [0.15, 0.2) is 0 Å². The van der Waals surface area contributed by atoms with Gasteiger partial charge < -0.3 is 15.7 Å². The number of carboxylic acids is 1. The van der Waals surface area contributed by atoms with Crippen molar-refractivity contribution in [1.82, 2.24) is 4.90 Å². The van der Waals surface area contributed by atoms with E-state index < -0.39 is 18.1 Å². The number of aliphatic carboxylic acids is 1. The highest BCUT2D eigenvalue weighted by molar-refractivity contribution is 5.87. The molecule has 0 aromatic heterocycles. The second-order valence-corrected chi connectivity index (χ2v) is 3.54. The van der Waals surface area contributed by atoms with Gasteiger partial charge in [-0.3, -0.25) is 4.79 Å². The third kappa shape index (κ3) is 2.04. The predicted molar refractivity (Wildman–Crippen MR) is 50.6 cm³/mol. The lowest BCUT2D eigenvalue weighted by Gasteiger charge is -2.24. The zero-order chi connectivity index (χ0) is 10.7. The fourth-order valence-electron chi connectivity index (χ4n) is 1.67. The van der Waals surface area contributed by atoms with Gasteiger partial charge in [-0.15, -0.1) is 0 Å². The Morgan fingerprint density at radius 1 is 1.64 bits per heavy atom. The van der Waals surface area contributed by atoms with Gasteiger partial charge in [-0.05, 0) is 19.3 Å². The fourth-order valence-corrected chi connectivity index (χ4v) is 1.67. The third-order valence-electron chi connectivity index (χ3n) is 2.58. The summed E-state index contributed by atoms with van der Waals surface area (Å²) >= 11 is 0. The lowest BCUT2D eigenvalue weighted by molar-refractivity contribution is -0.148. The zero-order valence-electron chi connectivity index (χ0n) is 8.27. The highest BCUT2D eigenvalue weighted by Crippen LogP contribution is 2.18. The first kappa shape index (κ1) is 11.0. The summed E-state index contributed by atoms with van der Waals surface area (Å²) < 4.78 is 0. The summed E-state index contributed by atoms with van der Waals surface area (Å²) in [4.78, 5) is 23.8. The molecule has 1 heterocycles. The smallest absolute Gasteiger partial charge is 0.326 e. The standard InChI is InChI=1S/C9H16N2O3/c1-2-6(10)8(12)11-5-3-4-7(11)9(13)14/h6-7H,2-5,10H2,1H3,(H,13,14). The molecule has 0 saturated carbocycles. The van der Waals surface area contributed by atoms with Gasteiger partial charge in [0, 0.05) is 6.54 Å². The molecule has 1 saturated heterocycles. The number of nitrogens with zero attached hydrogens (tertiary/aromatic N) is 1. The van der Waals surface area contributed by atoms with Crippen LogP contribution in [0.3, 0.4) is 0 Å².